The van der Waals surface area contributed by atoms with E-state index in [1.165, 1.54) is 24.4 Å². The molecule has 3 aromatic rings. The number of likely N-dealkylation sites (tertiary alicyclic amines) is 1. The number of likely N-dealkylation sites (N-methyl/N-ethyl adjacent to an activating group) is 1. The summed E-state index contributed by atoms with van der Waals surface area (Å²) in [4.78, 5) is 20.4. The molecule has 1 fully saturated rings. The van der Waals surface area contributed by atoms with Crippen LogP contribution in [0.25, 0.3) is 0 Å². The molecule has 2 heterocycles. The van der Waals surface area contributed by atoms with Crippen LogP contribution < -0.4 is 0 Å². The molecule has 36 heavy (non-hydrogen) atoms. The molecule has 5 nitrogen and oxygen atoms in total. The van der Waals surface area contributed by atoms with Crippen LogP contribution >= 0.6 is 23.2 Å². The molecule has 2 atom stereocenters. The average Bonchev–Trinajstić information content (AvgIpc) is 3.25. The molecule has 2 aromatic carbocycles. The van der Waals surface area contributed by atoms with Crippen LogP contribution in [0, 0.1) is 5.82 Å². The molecule has 1 saturated heterocycles. The zero-order chi connectivity index (χ0) is 26.2. The number of carbonyl (C=O) groups is 1. The largest absolute Gasteiger partial charge is 0.493 e. The molecule has 1 aliphatic rings. The van der Waals surface area contributed by atoms with Crippen molar-refractivity contribution in [2.24, 2.45) is 0 Å². The molecular weight excluding hydrogens is 521 g/mol. The molecular formula is C25H21Cl2F4N3O2. The van der Waals surface area contributed by atoms with E-state index in [4.69, 9.17) is 23.2 Å². The fraction of sp³-hybridized carbons (Fsp3) is 0.280. The van der Waals surface area contributed by atoms with Gasteiger partial charge < -0.3 is 10.0 Å². The van der Waals surface area contributed by atoms with E-state index in [-0.39, 0.29) is 42.4 Å². The first-order chi connectivity index (χ1) is 16.9. The second kappa shape index (κ2) is 10.2. The Morgan fingerprint density at radius 2 is 1.86 bits per heavy atom. The number of pyridine rings is 1. The van der Waals surface area contributed by atoms with Gasteiger partial charge in [0.2, 0.25) is 5.88 Å². The molecule has 1 amide bonds. The van der Waals surface area contributed by atoms with Gasteiger partial charge in [-0.15, -0.1) is 0 Å². The predicted molar refractivity (Wildman–Crippen MR) is 128 cm³/mol. The SMILES string of the molecule is CN(Cc1ccc(C(F)(F)F)c(F)c1)[C@@H]1CN(C(=O)c2ccnc(O)c2)C[C@@H]1c1ccc(Cl)c(Cl)c1. The zero-order valence-electron chi connectivity index (χ0n) is 18.9. The Morgan fingerprint density at radius 3 is 2.50 bits per heavy atom. The highest BCUT2D eigenvalue weighted by molar-refractivity contribution is 6.42. The fourth-order valence-corrected chi connectivity index (χ4v) is 4.80. The lowest BCUT2D eigenvalue weighted by Gasteiger charge is -2.29. The van der Waals surface area contributed by atoms with Crippen LogP contribution in [0.2, 0.25) is 10.0 Å². The molecule has 1 N–H and O–H groups in total. The average molecular weight is 542 g/mol. The number of hydrogen-bond donors (Lipinski definition) is 1. The number of aromatic hydroxyl groups is 1. The van der Waals surface area contributed by atoms with Gasteiger partial charge in [-0.2, -0.15) is 13.2 Å². The first-order valence-electron chi connectivity index (χ1n) is 10.9. The van der Waals surface area contributed by atoms with Gasteiger partial charge in [0.05, 0.1) is 15.6 Å². The number of nitrogens with zero attached hydrogens (tertiary/aromatic N) is 3. The van der Waals surface area contributed by atoms with Gasteiger partial charge in [-0.1, -0.05) is 35.3 Å². The lowest BCUT2D eigenvalue weighted by Crippen LogP contribution is -2.38. The molecule has 0 bridgehead atoms. The van der Waals surface area contributed by atoms with E-state index in [1.54, 1.807) is 24.1 Å². The summed E-state index contributed by atoms with van der Waals surface area (Å²) in [5, 5.41) is 10.4. The maximum absolute atomic E-state index is 14.1. The molecule has 190 valence electrons. The third kappa shape index (κ3) is 5.58. The highest BCUT2D eigenvalue weighted by Gasteiger charge is 2.39. The first-order valence-corrected chi connectivity index (χ1v) is 11.6. The Hall–Kier alpha value is -2.88. The number of hydrogen-bond acceptors (Lipinski definition) is 4. The van der Waals surface area contributed by atoms with Gasteiger partial charge in [-0.25, -0.2) is 9.37 Å². The van der Waals surface area contributed by atoms with Gasteiger partial charge in [0.1, 0.15) is 5.82 Å². The van der Waals surface area contributed by atoms with Gasteiger partial charge in [-0.05, 0) is 48.5 Å². The summed E-state index contributed by atoms with van der Waals surface area (Å²) in [6, 6.07) is 10.5. The Balaban J connectivity index is 1.61. The van der Waals surface area contributed by atoms with E-state index in [2.05, 4.69) is 4.98 Å². The zero-order valence-corrected chi connectivity index (χ0v) is 20.4. The number of halogens is 6. The number of aromatic nitrogens is 1. The molecule has 4 rings (SSSR count). The minimum absolute atomic E-state index is 0.148. The Labute approximate surface area is 214 Å². The molecule has 0 spiro atoms. The third-order valence-electron chi connectivity index (χ3n) is 6.28. The summed E-state index contributed by atoms with van der Waals surface area (Å²) in [5.41, 5.74) is 0.136. The lowest BCUT2D eigenvalue weighted by atomic mass is 9.93. The Bertz CT molecular complexity index is 1290. The van der Waals surface area contributed by atoms with E-state index >= 15 is 0 Å². The summed E-state index contributed by atoms with van der Waals surface area (Å²) in [7, 11) is 1.76. The van der Waals surface area contributed by atoms with Crippen LogP contribution in [-0.4, -0.2) is 52.0 Å². The van der Waals surface area contributed by atoms with Gasteiger partial charge in [-0.3, -0.25) is 9.69 Å². The standard InChI is InChI=1S/C25H21Cl2F4N3O2/c1-33(11-14-2-4-18(21(28)8-14)25(29,30)31)22-13-34(24(36)16-6-7-32-23(35)10-16)12-17(22)15-3-5-19(26)20(27)9-15/h2-10,17,22H,11-13H2,1H3,(H,32,35)/t17-,22-/m1/s1. The van der Waals surface area contributed by atoms with Crippen LogP contribution in [0.15, 0.2) is 54.7 Å². The van der Waals surface area contributed by atoms with Crippen molar-refractivity contribution in [2.75, 3.05) is 20.1 Å². The fourth-order valence-electron chi connectivity index (χ4n) is 4.50. The van der Waals surface area contributed by atoms with Crippen molar-refractivity contribution >= 4 is 29.1 Å². The third-order valence-corrected chi connectivity index (χ3v) is 7.02. The summed E-state index contributed by atoms with van der Waals surface area (Å²) in [6.07, 6.45) is -3.45. The molecule has 0 unspecified atom stereocenters. The second-order valence-corrected chi connectivity index (χ2v) is 9.50. The summed E-state index contributed by atoms with van der Waals surface area (Å²) < 4.78 is 53.0. The topological polar surface area (TPSA) is 56.7 Å². The van der Waals surface area contributed by atoms with Crippen LogP contribution in [-0.2, 0) is 12.7 Å². The monoisotopic (exact) mass is 541 g/mol. The maximum Gasteiger partial charge on any atom is 0.419 e. The molecule has 1 aliphatic heterocycles. The number of alkyl halides is 3. The normalized spacial score (nSPS) is 18.2. The molecule has 0 radical (unpaired) electrons. The van der Waals surface area contributed by atoms with Gasteiger partial charge in [0.25, 0.3) is 5.91 Å². The summed E-state index contributed by atoms with van der Waals surface area (Å²) in [6.45, 7) is 0.748. The van der Waals surface area contributed by atoms with E-state index in [9.17, 15) is 27.5 Å². The maximum atomic E-state index is 14.1. The summed E-state index contributed by atoms with van der Waals surface area (Å²) >= 11 is 12.3. The molecule has 1 aromatic heterocycles. The van der Waals surface area contributed by atoms with Crippen molar-refractivity contribution < 1.29 is 27.5 Å². The van der Waals surface area contributed by atoms with E-state index < -0.39 is 17.6 Å². The first kappa shape index (κ1) is 26.2. The van der Waals surface area contributed by atoms with Gasteiger partial charge in [0.15, 0.2) is 0 Å². The van der Waals surface area contributed by atoms with E-state index in [0.717, 1.165) is 17.7 Å². The molecule has 0 saturated carbocycles. The highest BCUT2D eigenvalue weighted by atomic mass is 35.5. The Kier molecular flexibility index (Phi) is 7.45. The molecule has 11 heteroatoms. The second-order valence-electron chi connectivity index (χ2n) is 8.69. The highest BCUT2D eigenvalue weighted by Crippen LogP contribution is 2.36. The number of carbonyl (C=O) groups excluding carboxylic acids is 1. The predicted octanol–water partition coefficient (Wildman–Crippen LogP) is 5.99. The minimum Gasteiger partial charge on any atom is -0.493 e. The van der Waals surface area contributed by atoms with Crippen molar-refractivity contribution in [3.8, 4) is 5.88 Å². The van der Waals surface area contributed by atoms with Crippen LogP contribution in [0.5, 0.6) is 5.88 Å². The number of benzene rings is 2. The van der Waals surface area contributed by atoms with Gasteiger partial charge in [0, 0.05) is 49.4 Å². The van der Waals surface area contributed by atoms with E-state index in [0.29, 0.717) is 22.2 Å². The molecule has 0 aliphatic carbocycles. The quantitative estimate of drug-likeness (QED) is 0.403. The van der Waals surface area contributed by atoms with Crippen LogP contribution in [0.4, 0.5) is 17.6 Å². The van der Waals surface area contributed by atoms with Crippen molar-refractivity contribution in [1.29, 1.82) is 0 Å². The van der Waals surface area contributed by atoms with E-state index in [1.807, 2.05) is 11.0 Å². The van der Waals surface area contributed by atoms with Gasteiger partial charge >= 0.3 is 6.18 Å². The lowest BCUT2D eigenvalue weighted by molar-refractivity contribution is -0.140. The van der Waals surface area contributed by atoms with Crippen molar-refractivity contribution in [2.45, 2.75) is 24.7 Å². The smallest absolute Gasteiger partial charge is 0.419 e. The van der Waals surface area contributed by atoms with Crippen molar-refractivity contribution in [1.82, 2.24) is 14.8 Å². The number of rotatable bonds is 5. The van der Waals surface area contributed by atoms with Crippen LogP contribution in [0.1, 0.15) is 33.0 Å². The van der Waals surface area contributed by atoms with Crippen molar-refractivity contribution in [3.63, 3.8) is 0 Å². The summed E-state index contributed by atoms with van der Waals surface area (Å²) in [5.74, 6) is -2.15. The van der Waals surface area contributed by atoms with Crippen LogP contribution in [0.3, 0.4) is 0 Å². The minimum atomic E-state index is -4.78. The Morgan fingerprint density at radius 1 is 1.11 bits per heavy atom. The number of amides is 1. The van der Waals surface area contributed by atoms with Crippen molar-refractivity contribution in [3.05, 3.63) is 92.8 Å².